The van der Waals surface area contributed by atoms with Crippen molar-refractivity contribution in [1.29, 1.82) is 0 Å². The van der Waals surface area contributed by atoms with E-state index >= 15 is 0 Å². The molecule has 1 aliphatic rings. The molecule has 88 valence electrons. The quantitative estimate of drug-likeness (QED) is 0.658. The summed E-state index contributed by atoms with van der Waals surface area (Å²) in [5, 5.41) is 6.29. The molecule has 0 unspecified atom stereocenters. The first kappa shape index (κ1) is 12.5. The normalized spacial score (nSPS) is 17.7. The highest BCUT2D eigenvalue weighted by molar-refractivity contribution is 5.78. The molecule has 3 heteroatoms. The molecule has 1 amide bonds. The third kappa shape index (κ3) is 5.17. The maximum atomic E-state index is 11.7. The number of amides is 1. The maximum absolute atomic E-state index is 11.7. The zero-order valence-electron chi connectivity index (χ0n) is 9.85. The average Bonchev–Trinajstić information content (AvgIpc) is 2.30. The summed E-state index contributed by atoms with van der Waals surface area (Å²) in [5.74, 6) is 0.568. The van der Waals surface area contributed by atoms with Crippen LogP contribution >= 0.6 is 0 Å². The minimum Gasteiger partial charge on any atom is -0.355 e. The van der Waals surface area contributed by atoms with E-state index in [-0.39, 0.29) is 5.91 Å². The fraction of sp³-hybridized carbons (Fsp3) is 0.917. The van der Waals surface area contributed by atoms with E-state index in [1.165, 1.54) is 19.3 Å². The number of rotatable bonds is 6. The van der Waals surface area contributed by atoms with Crippen LogP contribution < -0.4 is 10.6 Å². The van der Waals surface area contributed by atoms with Crippen molar-refractivity contribution in [2.45, 2.75) is 45.4 Å². The molecule has 2 N–H and O–H groups in total. The van der Waals surface area contributed by atoms with Crippen molar-refractivity contribution < 1.29 is 4.79 Å². The molecule has 1 fully saturated rings. The van der Waals surface area contributed by atoms with Crippen molar-refractivity contribution in [3.8, 4) is 0 Å². The number of carbonyl (C=O) groups is 1. The Balaban J connectivity index is 2.02. The molecule has 0 aromatic carbocycles. The van der Waals surface area contributed by atoms with Crippen LogP contribution in [0, 0.1) is 5.92 Å². The smallest absolute Gasteiger partial charge is 0.223 e. The lowest BCUT2D eigenvalue weighted by atomic mass is 9.89. The standard InChI is InChI=1S/C12H24N2O/c1-2-8-13-9-10-14-12(15)11-6-4-3-5-7-11/h11,13H,2-10H2,1H3,(H,14,15). The molecule has 0 spiro atoms. The van der Waals surface area contributed by atoms with Crippen LogP contribution in [0.3, 0.4) is 0 Å². The zero-order chi connectivity index (χ0) is 10.9. The van der Waals surface area contributed by atoms with E-state index in [0.717, 1.165) is 38.9 Å². The van der Waals surface area contributed by atoms with E-state index in [1.54, 1.807) is 0 Å². The van der Waals surface area contributed by atoms with Crippen molar-refractivity contribution in [3.63, 3.8) is 0 Å². The van der Waals surface area contributed by atoms with Gasteiger partial charge in [-0.25, -0.2) is 0 Å². The molecular formula is C12H24N2O. The van der Waals surface area contributed by atoms with E-state index in [0.29, 0.717) is 5.92 Å². The fourth-order valence-corrected chi connectivity index (χ4v) is 2.08. The molecule has 0 saturated heterocycles. The van der Waals surface area contributed by atoms with Gasteiger partial charge in [-0.3, -0.25) is 4.79 Å². The second-order valence-electron chi connectivity index (χ2n) is 4.38. The highest BCUT2D eigenvalue weighted by Gasteiger charge is 2.20. The van der Waals surface area contributed by atoms with Crippen molar-refractivity contribution in [3.05, 3.63) is 0 Å². The van der Waals surface area contributed by atoms with Crippen LogP contribution in [-0.4, -0.2) is 25.5 Å². The second kappa shape index (κ2) is 7.69. The van der Waals surface area contributed by atoms with Crippen molar-refractivity contribution in [2.24, 2.45) is 5.92 Å². The van der Waals surface area contributed by atoms with Gasteiger partial charge >= 0.3 is 0 Å². The van der Waals surface area contributed by atoms with Gasteiger partial charge in [-0.15, -0.1) is 0 Å². The zero-order valence-corrected chi connectivity index (χ0v) is 9.85. The Morgan fingerprint density at radius 2 is 1.87 bits per heavy atom. The summed E-state index contributed by atoms with van der Waals surface area (Å²) in [6, 6.07) is 0. The van der Waals surface area contributed by atoms with Crippen molar-refractivity contribution in [1.82, 2.24) is 10.6 Å². The first-order valence-corrected chi connectivity index (χ1v) is 6.33. The molecule has 0 aliphatic heterocycles. The Hall–Kier alpha value is -0.570. The Labute approximate surface area is 93.0 Å². The van der Waals surface area contributed by atoms with Gasteiger partial charge in [0.05, 0.1) is 0 Å². The van der Waals surface area contributed by atoms with Gasteiger partial charge in [0, 0.05) is 19.0 Å². The van der Waals surface area contributed by atoms with Crippen molar-refractivity contribution >= 4 is 5.91 Å². The van der Waals surface area contributed by atoms with Crippen molar-refractivity contribution in [2.75, 3.05) is 19.6 Å². The molecule has 1 rings (SSSR count). The Morgan fingerprint density at radius 1 is 1.13 bits per heavy atom. The first-order chi connectivity index (χ1) is 7.34. The van der Waals surface area contributed by atoms with Gasteiger partial charge in [0.25, 0.3) is 0 Å². The van der Waals surface area contributed by atoms with Crippen LogP contribution in [0.15, 0.2) is 0 Å². The number of hydrogen-bond acceptors (Lipinski definition) is 2. The van der Waals surface area contributed by atoms with E-state index in [2.05, 4.69) is 17.6 Å². The second-order valence-corrected chi connectivity index (χ2v) is 4.38. The molecule has 0 aromatic rings. The van der Waals surface area contributed by atoms with Gasteiger partial charge in [0.2, 0.25) is 5.91 Å². The van der Waals surface area contributed by atoms with Gasteiger partial charge in [-0.05, 0) is 25.8 Å². The molecule has 1 aliphatic carbocycles. The SMILES string of the molecule is CCCNCCNC(=O)C1CCCCC1. The summed E-state index contributed by atoms with van der Waals surface area (Å²) in [6.45, 7) is 4.86. The van der Waals surface area contributed by atoms with Crippen LogP contribution in [0.1, 0.15) is 45.4 Å². The van der Waals surface area contributed by atoms with E-state index in [4.69, 9.17) is 0 Å². The summed E-state index contributed by atoms with van der Waals surface area (Å²) in [6.07, 6.45) is 7.10. The summed E-state index contributed by atoms with van der Waals surface area (Å²) in [4.78, 5) is 11.7. The van der Waals surface area contributed by atoms with Crippen LogP contribution in [0.5, 0.6) is 0 Å². The van der Waals surface area contributed by atoms with Gasteiger partial charge in [-0.1, -0.05) is 26.2 Å². The monoisotopic (exact) mass is 212 g/mol. The minimum absolute atomic E-state index is 0.271. The Bertz CT molecular complexity index is 176. The number of hydrogen-bond donors (Lipinski definition) is 2. The van der Waals surface area contributed by atoms with Gasteiger partial charge in [-0.2, -0.15) is 0 Å². The van der Waals surface area contributed by atoms with Gasteiger partial charge in [0.15, 0.2) is 0 Å². The highest BCUT2D eigenvalue weighted by atomic mass is 16.1. The number of carbonyl (C=O) groups excluding carboxylic acids is 1. The maximum Gasteiger partial charge on any atom is 0.223 e. The molecule has 0 bridgehead atoms. The van der Waals surface area contributed by atoms with Gasteiger partial charge in [0.1, 0.15) is 0 Å². The third-order valence-electron chi connectivity index (χ3n) is 3.00. The lowest BCUT2D eigenvalue weighted by Crippen LogP contribution is -2.36. The molecule has 0 aromatic heterocycles. The molecular weight excluding hydrogens is 188 g/mol. The minimum atomic E-state index is 0.271. The fourth-order valence-electron chi connectivity index (χ4n) is 2.08. The average molecular weight is 212 g/mol. The van der Waals surface area contributed by atoms with Crippen LogP contribution in [0.25, 0.3) is 0 Å². The summed E-state index contributed by atoms with van der Waals surface area (Å²) >= 11 is 0. The number of nitrogens with one attached hydrogen (secondary N) is 2. The molecule has 3 nitrogen and oxygen atoms in total. The largest absolute Gasteiger partial charge is 0.355 e. The van der Waals surface area contributed by atoms with Gasteiger partial charge < -0.3 is 10.6 Å². The summed E-state index contributed by atoms with van der Waals surface area (Å²) in [7, 11) is 0. The summed E-state index contributed by atoms with van der Waals surface area (Å²) < 4.78 is 0. The Kier molecular flexibility index (Phi) is 6.41. The van der Waals surface area contributed by atoms with Crippen LogP contribution in [0.4, 0.5) is 0 Å². The lowest BCUT2D eigenvalue weighted by Gasteiger charge is -2.20. The summed E-state index contributed by atoms with van der Waals surface area (Å²) in [5.41, 5.74) is 0. The Morgan fingerprint density at radius 3 is 2.53 bits per heavy atom. The molecule has 0 heterocycles. The third-order valence-corrected chi connectivity index (χ3v) is 3.00. The van der Waals surface area contributed by atoms with E-state index < -0.39 is 0 Å². The van der Waals surface area contributed by atoms with Crippen LogP contribution in [0.2, 0.25) is 0 Å². The van der Waals surface area contributed by atoms with E-state index in [1.807, 2.05) is 0 Å². The lowest BCUT2D eigenvalue weighted by molar-refractivity contribution is -0.125. The van der Waals surface area contributed by atoms with Crippen LogP contribution in [-0.2, 0) is 4.79 Å². The predicted octanol–water partition coefficient (Wildman–Crippen LogP) is 1.68. The topological polar surface area (TPSA) is 41.1 Å². The highest BCUT2D eigenvalue weighted by Crippen LogP contribution is 2.23. The predicted molar refractivity (Wildman–Crippen MR) is 62.7 cm³/mol. The molecule has 15 heavy (non-hydrogen) atoms. The molecule has 0 radical (unpaired) electrons. The first-order valence-electron chi connectivity index (χ1n) is 6.33. The molecule has 1 saturated carbocycles. The van der Waals surface area contributed by atoms with E-state index in [9.17, 15) is 4.79 Å². The molecule has 0 atom stereocenters.